The van der Waals surface area contributed by atoms with Crippen molar-refractivity contribution in [2.45, 2.75) is 18.6 Å². The van der Waals surface area contributed by atoms with Crippen molar-refractivity contribution in [1.82, 2.24) is 20.0 Å². The fourth-order valence-electron chi connectivity index (χ4n) is 4.32. The Labute approximate surface area is 210 Å². The Morgan fingerprint density at radius 1 is 1.33 bits per heavy atom. The first-order valence-corrected chi connectivity index (χ1v) is 11.8. The van der Waals surface area contributed by atoms with Crippen LogP contribution in [0.15, 0.2) is 43.0 Å². The molecule has 9 heteroatoms. The van der Waals surface area contributed by atoms with Gasteiger partial charge in [0, 0.05) is 37.1 Å². The van der Waals surface area contributed by atoms with Crippen molar-refractivity contribution in [3.05, 3.63) is 54.2 Å². The molecule has 0 radical (unpaired) electrons. The maximum Gasteiger partial charge on any atom is 0.251 e. The number of benzene rings is 2. The highest BCUT2D eigenvalue weighted by atomic mass is 19.1. The van der Waals surface area contributed by atoms with Gasteiger partial charge in [-0.25, -0.2) is 4.39 Å². The lowest BCUT2D eigenvalue weighted by molar-refractivity contribution is 0.0962. The summed E-state index contributed by atoms with van der Waals surface area (Å²) < 4.78 is 21.6. The summed E-state index contributed by atoms with van der Waals surface area (Å²) in [4.78, 5) is 13.9. The van der Waals surface area contributed by atoms with E-state index >= 15 is 0 Å². The number of anilines is 2. The molecule has 0 unspecified atom stereocenters. The number of alkyl halides is 1. The van der Waals surface area contributed by atoms with Crippen molar-refractivity contribution in [1.29, 1.82) is 0 Å². The van der Waals surface area contributed by atoms with Crippen LogP contribution in [0.3, 0.4) is 0 Å². The molecule has 0 saturated carbocycles. The SMILES string of the molecule is C=Cc1c2cccc(N[C@@H]3CCN(C)C[C@@H]3F)c2nn1C#CCNc1ccc(C(=O)NC)cc1OC. The number of aromatic nitrogens is 2. The van der Waals surface area contributed by atoms with E-state index in [4.69, 9.17) is 4.74 Å². The minimum absolute atomic E-state index is 0.186. The van der Waals surface area contributed by atoms with E-state index in [1.165, 1.54) is 0 Å². The molecule has 36 heavy (non-hydrogen) atoms. The van der Waals surface area contributed by atoms with Crippen LogP contribution >= 0.6 is 0 Å². The van der Waals surface area contributed by atoms with Crippen LogP contribution in [-0.4, -0.2) is 73.6 Å². The number of hydrogen-bond acceptors (Lipinski definition) is 6. The zero-order chi connectivity index (χ0) is 25.7. The molecule has 1 aromatic heterocycles. The van der Waals surface area contributed by atoms with Crippen LogP contribution in [-0.2, 0) is 0 Å². The molecule has 3 N–H and O–H groups in total. The molecule has 1 fully saturated rings. The van der Waals surface area contributed by atoms with Crippen molar-refractivity contribution in [3.8, 4) is 17.7 Å². The molecule has 1 amide bonds. The number of hydrogen-bond donors (Lipinski definition) is 3. The Kier molecular flexibility index (Phi) is 7.76. The molecular weight excluding hydrogens is 459 g/mol. The van der Waals surface area contributed by atoms with Gasteiger partial charge < -0.3 is 25.6 Å². The maximum absolute atomic E-state index is 14.6. The number of ether oxygens (including phenoxy) is 1. The molecule has 1 aliphatic heterocycles. The van der Waals surface area contributed by atoms with Crippen molar-refractivity contribution < 1.29 is 13.9 Å². The first-order chi connectivity index (χ1) is 17.4. The van der Waals surface area contributed by atoms with Gasteiger partial charge in [0.1, 0.15) is 17.4 Å². The van der Waals surface area contributed by atoms with Crippen LogP contribution in [0.1, 0.15) is 22.5 Å². The lowest BCUT2D eigenvalue weighted by Crippen LogP contribution is -2.46. The average molecular weight is 491 g/mol. The molecule has 1 saturated heterocycles. The molecule has 2 atom stereocenters. The van der Waals surface area contributed by atoms with Gasteiger partial charge in [-0.1, -0.05) is 24.6 Å². The van der Waals surface area contributed by atoms with Crippen molar-refractivity contribution >= 4 is 34.3 Å². The molecule has 2 aromatic carbocycles. The molecule has 0 bridgehead atoms. The number of carbonyl (C=O) groups excluding carboxylic acids is 1. The number of rotatable bonds is 7. The van der Waals surface area contributed by atoms with Gasteiger partial charge in [0.05, 0.1) is 36.8 Å². The van der Waals surface area contributed by atoms with Crippen LogP contribution in [0.4, 0.5) is 15.8 Å². The quantitative estimate of drug-likeness (QED) is 0.440. The zero-order valence-corrected chi connectivity index (χ0v) is 20.8. The summed E-state index contributed by atoms with van der Waals surface area (Å²) >= 11 is 0. The minimum Gasteiger partial charge on any atom is -0.495 e. The number of likely N-dealkylation sites (tertiary alicyclic amines) is 1. The third kappa shape index (κ3) is 5.29. The standard InChI is InChI=1S/C27H31FN6O2/c1-5-24-19-8-6-9-23(31-21-12-15-33(3)17-20(21)28)26(19)32-34(24)14-7-13-30-22-11-10-18(27(35)29-2)16-25(22)36-4/h5-6,8-11,16,20-21,30-31H,1,12-13,15,17H2,2-4H3,(H,29,35)/t20-,21+/m0/s1. The number of halogens is 1. The van der Waals surface area contributed by atoms with E-state index in [1.807, 2.05) is 30.1 Å². The Balaban J connectivity index is 1.52. The predicted molar refractivity (Wildman–Crippen MR) is 142 cm³/mol. The number of piperidine rings is 1. The van der Waals surface area contributed by atoms with Gasteiger partial charge >= 0.3 is 0 Å². The number of methoxy groups -OCH3 is 1. The third-order valence-electron chi connectivity index (χ3n) is 6.26. The summed E-state index contributed by atoms with van der Waals surface area (Å²) in [5, 5.41) is 14.7. The average Bonchev–Trinajstić information content (AvgIpc) is 3.26. The smallest absolute Gasteiger partial charge is 0.251 e. The highest BCUT2D eigenvalue weighted by Crippen LogP contribution is 2.28. The summed E-state index contributed by atoms with van der Waals surface area (Å²) in [7, 11) is 5.07. The van der Waals surface area contributed by atoms with Crippen LogP contribution in [0.2, 0.25) is 0 Å². The van der Waals surface area contributed by atoms with Crippen molar-refractivity contribution in [3.63, 3.8) is 0 Å². The van der Waals surface area contributed by atoms with Gasteiger partial charge in [0.15, 0.2) is 0 Å². The van der Waals surface area contributed by atoms with Gasteiger partial charge in [-0.05, 0) is 43.8 Å². The Bertz CT molecular complexity index is 1330. The molecule has 3 aromatic rings. The molecule has 8 nitrogen and oxygen atoms in total. The van der Waals surface area contributed by atoms with Crippen LogP contribution in [0.25, 0.3) is 17.0 Å². The van der Waals surface area contributed by atoms with Crippen LogP contribution in [0, 0.1) is 12.0 Å². The fourth-order valence-corrected chi connectivity index (χ4v) is 4.32. The van der Waals surface area contributed by atoms with Gasteiger partial charge in [0.25, 0.3) is 5.91 Å². The second-order valence-corrected chi connectivity index (χ2v) is 8.66. The molecule has 0 spiro atoms. The predicted octanol–water partition coefficient (Wildman–Crippen LogP) is 3.42. The number of nitrogens with one attached hydrogen (secondary N) is 3. The van der Waals surface area contributed by atoms with E-state index < -0.39 is 6.17 Å². The summed E-state index contributed by atoms with van der Waals surface area (Å²) in [5.74, 6) is 3.43. The van der Waals surface area contributed by atoms with Crippen LogP contribution < -0.4 is 20.7 Å². The highest BCUT2D eigenvalue weighted by Gasteiger charge is 2.28. The number of carbonyl (C=O) groups is 1. The molecule has 4 rings (SSSR count). The van der Waals surface area contributed by atoms with Gasteiger partial charge in [-0.15, -0.1) is 0 Å². The first kappa shape index (κ1) is 25.1. The van der Waals surface area contributed by atoms with Crippen molar-refractivity contribution in [2.24, 2.45) is 0 Å². The van der Waals surface area contributed by atoms with E-state index in [0.717, 1.165) is 40.9 Å². The van der Waals surface area contributed by atoms with E-state index in [1.54, 1.807) is 43.1 Å². The summed E-state index contributed by atoms with van der Waals surface area (Å²) in [6.07, 6.45) is 1.49. The molecule has 2 heterocycles. The summed E-state index contributed by atoms with van der Waals surface area (Å²) in [5.41, 5.74) is 3.52. The summed E-state index contributed by atoms with van der Waals surface area (Å²) in [6, 6.07) is 13.8. The third-order valence-corrected chi connectivity index (χ3v) is 6.26. The first-order valence-electron chi connectivity index (χ1n) is 11.8. The van der Waals surface area contributed by atoms with E-state index in [0.29, 0.717) is 24.4 Å². The second-order valence-electron chi connectivity index (χ2n) is 8.66. The van der Waals surface area contributed by atoms with E-state index in [-0.39, 0.29) is 11.9 Å². The fraction of sp³-hybridized carbons (Fsp3) is 0.333. The Hall–Kier alpha value is -4.03. The largest absolute Gasteiger partial charge is 0.495 e. The summed E-state index contributed by atoms with van der Waals surface area (Å²) in [6.45, 7) is 5.51. The molecule has 0 aliphatic carbocycles. The minimum atomic E-state index is -0.951. The molecular formula is C27H31FN6O2. The number of amides is 1. The number of fused-ring (bicyclic) bond motifs is 1. The van der Waals surface area contributed by atoms with Gasteiger partial charge in [-0.3, -0.25) is 4.79 Å². The van der Waals surface area contributed by atoms with E-state index in [9.17, 15) is 9.18 Å². The number of nitrogens with zero attached hydrogens (tertiary/aromatic N) is 3. The molecule has 188 valence electrons. The Morgan fingerprint density at radius 2 is 2.17 bits per heavy atom. The highest BCUT2D eigenvalue weighted by molar-refractivity contribution is 5.96. The second kappa shape index (κ2) is 11.1. The Morgan fingerprint density at radius 3 is 2.89 bits per heavy atom. The van der Waals surface area contributed by atoms with Gasteiger partial charge in [0.2, 0.25) is 0 Å². The lowest BCUT2D eigenvalue weighted by atomic mass is 10.0. The van der Waals surface area contributed by atoms with Gasteiger partial charge in [-0.2, -0.15) is 9.78 Å². The topological polar surface area (TPSA) is 83.5 Å². The maximum atomic E-state index is 14.6. The molecule has 1 aliphatic rings. The lowest BCUT2D eigenvalue weighted by Gasteiger charge is -2.33. The monoisotopic (exact) mass is 490 g/mol. The zero-order valence-electron chi connectivity index (χ0n) is 20.8. The van der Waals surface area contributed by atoms with Crippen LogP contribution in [0.5, 0.6) is 5.75 Å². The van der Waals surface area contributed by atoms with E-state index in [2.05, 4.69) is 39.6 Å². The van der Waals surface area contributed by atoms with Crippen molar-refractivity contribution in [2.75, 3.05) is 51.5 Å². The normalized spacial score (nSPS) is 17.7.